The minimum absolute atomic E-state index is 0.271. The predicted molar refractivity (Wildman–Crippen MR) is 66.3 cm³/mol. The third-order valence-corrected chi connectivity index (χ3v) is 5.47. The molecular weight excluding hydrogens is 212 g/mol. The Bertz CT molecular complexity index is 323. The Morgan fingerprint density at radius 3 is 2.88 bits per heavy atom. The van der Waals surface area contributed by atoms with Crippen molar-refractivity contribution in [1.29, 1.82) is 0 Å². The van der Waals surface area contributed by atoms with Crippen LogP contribution in [0.4, 0.5) is 0 Å². The smallest absolute Gasteiger partial charge is 0.330 e. The first-order valence-electron chi connectivity index (χ1n) is 7.08. The highest BCUT2D eigenvalue weighted by Crippen LogP contribution is 2.61. The third-order valence-electron chi connectivity index (χ3n) is 5.47. The van der Waals surface area contributed by atoms with Crippen molar-refractivity contribution >= 4 is 5.97 Å². The van der Waals surface area contributed by atoms with Gasteiger partial charge in [-0.1, -0.05) is 13.0 Å². The van der Waals surface area contributed by atoms with Gasteiger partial charge >= 0.3 is 5.97 Å². The second-order valence-corrected chi connectivity index (χ2v) is 6.07. The van der Waals surface area contributed by atoms with E-state index in [0.717, 1.165) is 36.0 Å². The van der Waals surface area contributed by atoms with Crippen LogP contribution in [0.25, 0.3) is 0 Å². The van der Waals surface area contributed by atoms with Gasteiger partial charge in [-0.2, -0.15) is 0 Å². The monoisotopic (exact) mass is 234 g/mol. The Labute approximate surface area is 103 Å². The zero-order chi connectivity index (χ0) is 11.8. The summed E-state index contributed by atoms with van der Waals surface area (Å²) in [4.78, 5) is 11.0. The molecule has 3 rings (SSSR count). The van der Waals surface area contributed by atoms with Crippen molar-refractivity contribution in [2.24, 2.45) is 29.6 Å². The molecular formula is C15H22O2. The van der Waals surface area contributed by atoms with E-state index in [4.69, 9.17) is 4.74 Å². The number of rotatable bonds is 4. The molecule has 3 fully saturated rings. The molecule has 2 nitrogen and oxygen atoms in total. The molecule has 0 aromatic rings. The fourth-order valence-electron chi connectivity index (χ4n) is 4.91. The fourth-order valence-corrected chi connectivity index (χ4v) is 4.91. The summed E-state index contributed by atoms with van der Waals surface area (Å²) < 4.78 is 5.12. The van der Waals surface area contributed by atoms with Gasteiger partial charge in [0.25, 0.3) is 0 Å². The summed E-state index contributed by atoms with van der Waals surface area (Å²) in [6.07, 6.45) is 9.62. The minimum Gasteiger partial charge on any atom is -0.463 e. The Balaban J connectivity index is 1.50. The summed E-state index contributed by atoms with van der Waals surface area (Å²) in [6, 6.07) is 0. The van der Waals surface area contributed by atoms with Gasteiger partial charge in [-0.05, 0) is 61.7 Å². The van der Waals surface area contributed by atoms with Crippen LogP contribution in [0, 0.1) is 29.6 Å². The molecule has 3 saturated carbocycles. The largest absolute Gasteiger partial charge is 0.463 e. The van der Waals surface area contributed by atoms with Crippen molar-refractivity contribution < 1.29 is 9.53 Å². The molecule has 0 saturated heterocycles. The molecule has 0 heterocycles. The Morgan fingerprint density at radius 1 is 1.24 bits per heavy atom. The maximum atomic E-state index is 11.0. The second kappa shape index (κ2) is 4.47. The van der Waals surface area contributed by atoms with Crippen LogP contribution < -0.4 is 0 Å². The molecule has 0 N–H and O–H groups in total. The van der Waals surface area contributed by atoms with E-state index < -0.39 is 0 Å². The zero-order valence-electron chi connectivity index (χ0n) is 10.4. The van der Waals surface area contributed by atoms with Crippen LogP contribution >= 0.6 is 0 Å². The van der Waals surface area contributed by atoms with Gasteiger partial charge in [-0.3, -0.25) is 0 Å². The van der Waals surface area contributed by atoms with E-state index >= 15 is 0 Å². The van der Waals surface area contributed by atoms with Gasteiger partial charge in [0.1, 0.15) is 0 Å². The molecule has 3 aliphatic carbocycles. The van der Waals surface area contributed by atoms with Crippen molar-refractivity contribution in [3.05, 3.63) is 12.7 Å². The molecule has 0 aliphatic heterocycles. The number of hydrogen-bond acceptors (Lipinski definition) is 2. The molecule has 0 spiro atoms. The lowest BCUT2D eigenvalue weighted by atomic mass is 9.75. The van der Waals surface area contributed by atoms with Gasteiger partial charge in [0.05, 0.1) is 6.61 Å². The van der Waals surface area contributed by atoms with Crippen LogP contribution in [0.1, 0.15) is 38.5 Å². The van der Waals surface area contributed by atoms with E-state index in [2.05, 4.69) is 6.58 Å². The molecule has 0 radical (unpaired) electrons. The van der Waals surface area contributed by atoms with E-state index in [9.17, 15) is 4.79 Å². The van der Waals surface area contributed by atoms with Gasteiger partial charge in [0.2, 0.25) is 0 Å². The molecule has 94 valence electrons. The molecule has 0 aromatic carbocycles. The fraction of sp³-hybridized carbons (Fsp3) is 0.800. The van der Waals surface area contributed by atoms with Crippen molar-refractivity contribution in [3.63, 3.8) is 0 Å². The molecule has 2 bridgehead atoms. The first kappa shape index (κ1) is 11.3. The lowest BCUT2D eigenvalue weighted by Crippen LogP contribution is -2.25. The van der Waals surface area contributed by atoms with Crippen LogP contribution in [0.15, 0.2) is 12.7 Å². The third kappa shape index (κ3) is 1.92. The maximum absolute atomic E-state index is 11.0. The molecule has 5 unspecified atom stereocenters. The summed E-state index contributed by atoms with van der Waals surface area (Å²) in [7, 11) is 0. The first-order chi connectivity index (χ1) is 8.29. The second-order valence-electron chi connectivity index (χ2n) is 6.07. The standard InChI is InChI=1S/C15H22O2/c1-2-15(16)17-7-6-10-8-11-9-14(10)13-5-3-4-12(11)13/h2,10-14H,1,3-9H2. The number of ether oxygens (including phenoxy) is 1. The van der Waals surface area contributed by atoms with Crippen LogP contribution in [0.5, 0.6) is 0 Å². The van der Waals surface area contributed by atoms with Gasteiger partial charge in [0.15, 0.2) is 0 Å². The molecule has 5 atom stereocenters. The normalized spacial score (nSPS) is 42.5. The van der Waals surface area contributed by atoms with Gasteiger partial charge in [-0.25, -0.2) is 4.79 Å². The molecule has 3 aliphatic rings. The van der Waals surface area contributed by atoms with Gasteiger partial charge in [-0.15, -0.1) is 0 Å². The van der Waals surface area contributed by atoms with E-state index in [1.807, 2.05) is 0 Å². The molecule has 0 amide bonds. The molecule has 0 aromatic heterocycles. The topological polar surface area (TPSA) is 26.3 Å². The summed E-state index contributed by atoms with van der Waals surface area (Å²) in [6.45, 7) is 4.01. The number of fused-ring (bicyclic) bond motifs is 5. The highest BCUT2D eigenvalue weighted by molar-refractivity contribution is 5.81. The van der Waals surface area contributed by atoms with E-state index in [-0.39, 0.29) is 5.97 Å². The lowest BCUT2D eigenvalue weighted by molar-refractivity contribution is -0.138. The van der Waals surface area contributed by atoms with Crippen molar-refractivity contribution in [2.75, 3.05) is 6.61 Å². The summed E-state index contributed by atoms with van der Waals surface area (Å²) >= 11 is 0. The molecule has 2 heteroatoms. The lowest BCUT2D eigenvalue weighted by Gasteiger charge is -2.31. The average Bonchev–Trinajstić information content (AvgIpc) is 3.00. The Hall–Kier alpha value is -0.790. The summed E-state index contributed by atoms with van der Waals surface area (Å²) in [5.74, 6) is 4.60. The SMILES string of the molecule is C=CC(=O)OCCC1CC2CC1C1CCCC21. The predicted octanol–water partition coefficient (Wildman–Crippen LogP) is 3.18. The highest BCUT2D eigenvalue weighted by atomic mass is 16.5. The number of carbonyl (C=O) groups excluding carboxylic acids is 1. The minimum atomic E-state index is -0.271. The Kier molecular flexibility index (Phi) is 2.97. The first-order valence-corrected chi connectivity index (χ1v) is 7.08. The number of hydrogen-bond donors (Lipinski definition) is 0. The maximum Gasteiger partial charge on any atom is 0.330 e. The Morgan fingerprint density at radius 2 is 2.06 bits per heavy atom. The van der Waals surface area contributed by atoms with E-state index in [1.54, 1.807) is 0 Å². The zero-order valence-corrected chi connectivity index (χ0v) is 10.4. The van der Waals surface area contributed by atoms with Crippen LogP contribution in [0.2, 0.25) is 0 Å². The van der Waals surface area contributed by atoms with Crippen LogP contribution in [0.3, 0.4) is 0 Å². The summed E-state index contributed by atoms with van der Waals surface area (Å²) in [5.41, 5.74) is 0. The van der Waals surface area contributed by atoms with Crippen molar-refractivity contribution in [3.8, 4) is 0 Å². The summed E-state index contributed by atoms with van der Waals surface area (Å²) in [5, 5.41) is 0. The van der Waals surface area contributed by atoms with Crippen molar-refractivity contribution in [2.45, 2.75) is 38.5 Å². The van der Waals surface area contributed by atoms with Crippen LogP contribution in [-0.2, 0) is 9.53 Å². The van der Waals surface area contributed by atoms with Gasteiger partial charge < -0.3 is 4.74 Å². The number of carbonyl (C=O) groups is 1. The quantitative estimate of drug-likeness (QED) is 0.551. The highest BCUT2D eigenvalue weighted by Gasteiger charge is 2.53. The van der Waals surface area contributed by atoms with E-state index in [1.165, 1.54) is 38.2 Å². The average molecular weight is 234 g/mol. The molecule has 17 heavy (non-hydrogen) atoms. The van der Waals surface area contributed by atoms with Gasteiger partial charge in [0, 0.05) is 6.08 Å². The van der Waals surface area contributed by atoms with E-state index in [0.29, 0.717) is 6.61 Å². The van der Waals surface area contributed by atoms with Crippen molar-refractivity contribution in [1.82, 2.24) is 0 Å². The number of esters is 1. The van der Waals surface area contributed by atoms with Crippen LogP contribution in [-0.4, -0.2) is 12.6 Å².